The number of benzene rings is 2. The minimum Gasteiger partial charge on any atom is -0.396 e. The summed E-state index contributed by atoms with van der Waals surface area (Å²) in [6.07, 6.45) is 7.17. The van der Waals surface area contributed by atoms with Crippen LogP contribution in [0.25, 0.3) is 17.1 Å². The molecule has 0 bridgehead atoms. The normalized spacial score (nSPS) is 12.5. The number of carbonyl (C=O) groups excluding carboxylic acids is 1. The van der Waals surface area contributed by atoms with Crippen molar-refractivity contribution in [2.75, 3.05) is 6.61 Å². The van der Waals surface area contributed by atoms with Crippen molar-refractivity contribution in [2.24, 2.45) is 0 Å². The highest BCUT2D eigenvalue weighted by Crippen LogP contribution is 2.25. The lowest BCUT2D eigenvalue weighted by Gasteiger charge is -2.19. The number of nitrogens with one attached hydrogen (secondary N) is 1. The fourth-order valence-electron chi connectivity index (χ4n) is 3.21. The Morgan fingerprint density at radius 2 is 2.04 bits per heavy atom. The zero-order valence-electron chi connectivity index (χ0n) is 15.0. The fraction of sp³-hybridized carbons (Fsp3) is 0.238. The Morgan fingerprint density at radius 3 is 2.78 bits per heavy atom. The summed E-state index contributed by atoms with van der Waals surface area (Å²) in [5.74, 6) is -0.576. The van der Waals surface area contributed by atoms with Crippen LogP contribution in [0.15, 0.2) is 60.9 Å². The molecule has 6 heteroatoms. The lowest BCUT2D eigenvalue weighted by Crippen LogP contribution is -2.14. The van der Waals surface area contributed by atoms with E-state index in [-0.39, 0.29) is 12.6 Å². The molecule has 1 heterocycles. The minimum atomic E-state index is -0.576. The molecule has 3 aromatic rings. The highest BCUT2D eigenvalue weighted by Gasteiger charge is 2.15. The van der Waals surface area contributed by atoms with Gasteiger partial charge < -0.3 is 9.67 Å². The van der Waals surface area contributed by atoms with Gasteiger partial charge in [0.15, 0.2) is 0 Å². The van der Waals surface area contributed by atoms with Gasteiger partial charge in [-0.15, -0.1) is 0 Å². The quantitative estimate of drug-likeness (QED) is 0.325. The molecular weight excluding hydrogens is 342 g/mol. The summed E-state index contributed by atoms with van der Waals surface area (Å²) >= 11 is 0. The van der Waals surface area contributed by atoms with Crippen LogP contribution in [0.3, 0.4) is 0 Å². The standard InChI is InChI=1S/C21H23N3O3/c25-12-4-7-18(13-16-5-2-1-3-6-16)24-15-22-19-14-17(8-10-20(19)24)9-11-21(26)23-27/h1-3,5-6,8-11,14-15,18,25,27H,4,7,12-13H2,(H,23,26). The van der Waals surface area contributed by atoms with Crippen molar-refractivity contribution >= 4 is 23.0 Å². The SMILES string of the molecule is O=C(C=Cc1ccc2c(c1)ncn2C(CCCO)Cc1ccccc1)NO. The summed E-state index contributed by atoms with van der Waals surface area (Å²) in [6.45, 7) is 0.166. The number of hydroxylamine groups is 1. The molecule has 1 atom stereocenters. The van der Waals surface area contributed by atoms with E-state index in [4.69, 9.17) is 5.21 Å². The summed E-state index contributed by atoms with van der Waals surface area (Å²) in [5.41, 5.74) is 5.49. The lowest BCUT2D eigenvalue weighted by atomic mass is 10.0. The number of aliphatic hydroxyl groups excluding tert-OH is 1. The average Bonchev–Trinajstić information content (AvgIpc) is 3.13. The highest BCUT2D eigenvalue weighted by atomic mass is 16.5. The number of rotatable bonds is 8. The number of aliphatic hydroxyl groups is 1. The average molecular weight is 365 g/mol. The van der Waals surface area contributed by atoms with E-state index in [1.807, 2.05) is 42.7 Å². The molecule has 1 aromatic heterocycles. The molecule has 2 aromatic carbocycles. The molecule has 0 fully saturated rings. The van der Waals surface area contributed by atoms with Crippen LogP contribution in [-0.4, -0.2) is 32.4 Å². The van der Waals surface area contributed by atoms with Crippen molar-refractivity contribution in [1.29, 1.82) is 0 Å². The third-order valence-corrected chi connectivity index (χ3v) is 4.54. The van der Waals surface area contributed by atoms with Gasteiger partial charge in [-0.25, -0.2) is 10.5 Å². The molecule has 6 nitrogen and oxygen atoms in total. The predicted octanol–water partition coefficient (Wildman–Crippen LogP) is 3.11. The van der Waals surface area contributed by atoms with Crippen LogP contribution in [0, 0.1) is 0 Å². The Kier molecular flexibility index (Phi) is 6.35. The van der Waals surface area contributed by atoms with E-state index in [2.05, 4.69) is 21.7 Å². The lowest BCUT2D eigenvalue weighted by molar-refractivity contribution is -0.124. The molecule has 1 unspecified atom stereocenters. The van der Waals surface area contributed by atoms with Gasteiger partial charge in [0, 0.05) is 18.7 Å². The van der Waals surface area contributed by atoms with Gasteiger partial charge in [0.25, 0.3) is 5.91 Å². The molecule has 140 valence electrons. The van der Waals surface area contributed by atoms with Gasteiger partial charge in [-0.3, -0.25) is 10.0 Å². The Labute approximate surface area is 157 Å². The van der Waals surface area contributed by atoms with E-state index < -0.39 is 5.91 Å². The Balaban J connectivity index is 1.88. The first-order valence-corrected chi connectivity index (χ1v) is 8.95. The van der Waals surface area contributed by atoms with Gasteiger partial charge in [0.1, 0.15) is 0 Å². The van der Waals surface area contributed by atoms with Crippen molar-refractivity contribution in [3.63, 3.8) is 0 Å². The van der Waals surface area contributed by atoms with E-state index in [0.29, 0.717) is 0 Å². The van der Waals surface area contributed by atoms with Crippen LogP contribution < -0.4 is 5.48 Å². The van der Waals surface area contributed by atoms with Crippen LogP contribution in [-0.2, 0) is 11.2 Å². The van der Waals surface area contributed by atoms with Crippen molar-refractivity contribution in [3.8, 4) is 0 Å². The second-order valence-corrected chi connectivity index (χ2v) is 6.42. The summed E-state index contributed by atoms with van der Waals surface area (Å²) in [4.78, 5) is 15.6. The van der Waals surface area contributed by atoms with Crippen molar-refractivity contribution in [3.05, 3.63) is 72.1 Å². The number of imidazole rings is 1. The van der Waals surface area contributed by atoms with Gasteiger partial charge in [-0.2, -0.15) is 0 Å². The number of amides is 1. The van der Waals surface area contributed by atoms with Gasteiger partial charge in [-0.05, 0) is 48.6 Å². The second-order valence-electron chi connectivity index (χ2n) is 6.42. The number of hydrogen-bond donors (Lipinski definition) is 3. The molecule has 0 aliphatic heterocycles. The molecule has 0 saturated heterocycles. The second kappa shape index (κ2) is 9.12. The number of fused-ring (bicyclic) bond motifs is 1. The van der Waals surface area contributed by atoms with E-state index in [9.17, 15) is 9.90 Å². The molecule has 3 rings (SSSR count). The third-order valence-electron chi connectivity index (χ3n) is 4.54. The fourth-order valence-corrected chi connectivity index (χ4v) is 3.21. The maximum Gasteiger partial charge on any atom is 0.267 e. The van der Waals surface area contributed by atoms with Crippen LogP contribution in [0.4, 0.5) is 0 Å². The van der Waals surface area contributed by atoms with Gasteiger partial charge >= 0.3 is 0 Å². The minimum absolute atomic E-state index is 0.166. The zero-order chi connectivity index (χ0) is 19.1. The molecule has 27 heavy (non-hydrogen) atoms. The van der Waals surface area contributed by atoms with E-state index in [0.717, 1.165) is 35.9 Å². The first-order chi connectivity index (χ1) is 13.2. The first-order valence-electron chi connectivity index (χ1n) is 8.95. The maximum atomic E-state index is 11.1. The van der Waals surface area contributed by atoms with E-state index in [1.54, 1.807) is 11.6 Å². The van der Waals surface area contributed by atoms with Gasteiger partial charge in [0.2, 0.25) is 0 Å². The van der Waals surface area contributed by atoms with Crippen LogP contribution in [0.1, 0.15) is 30.0 Å². The summed E-state index contributed by atoms with van der Waals surface area (Å²) in [5, 5.41) is 17.8. The summed E-state index contributed by atoms with van der Waals surface area (Å²) in [7, 11) is 0. The van der Waals surface area contributed by atoms with Crippen molar-refractivity contribution in [1.82, 2.24) is 15.0 Å². The van der Waals surface area contributed by atoms with Crippen LogP contribution in [0.2, 0.25) is 0 Å². The zero-order valence-corrected chi connectivity index (χ0v) is 15.0. The molecule has 0 aliphatic rings. The Morgan fingerprint density at radius 1 is 1.22 bits per heavy atom. The number of nitrogens with zero attached hydrogens (tertiary/aromatic N) is 2. The first kappa shape index (κ1) is 18.8. The Bertz CT molecular complexity index is 919. The number of aromatic nitrogens is 2. The Hall–Kier alpha value is -2.96. The van der Waals surface area contributed by atoms with Crippen molar-refractivity contribution < 1.29 is 15.1 Å². The molecule has 0 radical (unpaired) electrons. The molecule has 0 spiro atoms. The topological polar surface area (TPSA) is 87.4 Å². The summed E-state index contributed by atoms with van der Waals surface area (Å²) in [6, 6.07) is 16.3. The van der Waals surface area contributed by atoms with E-state index >= 15 is 0 Å². The molecule has 3 N–H and O–H groups in total. The largest absolute Gasteiger partial charge is 0.396 e. The van der Waals surface area contributed by atoms with E-state index in [1.165, 1.54) is 11.6 Å². The molecular formula is C21H23N3O3. The molecule has 0 aliphatic carbocycles. The number of carbonyl (C=O) groups is 1. The van der Waals surface area contributed by atoms with Crippen LogP contribution in [0.5, 0.6) is 0 Å². The van der Waals surface area contributed by atoms with Gasteiger partial charge in [-0.1, -0.05) is 36.4 Å². The monoisotopic (exact) mass is 365 g/mol. The molecule has 1 amide bonds. The third kappa shape index (κ3) is 4.81. The maximum absolute atomic E-state index is 11.1. The number of hydrogen-bond acceptors (Lipinski definition) is 4. The predicted molar refractivity (Wildman–Crippen MR) is 104 cm³/mol. The smallest absolute Gasteiger partial charge is 0.267 e. The van der Waals surface area contributed by atoms with Crippen molar-refractivity contribution in [2.45, 2.75) is 25.3 Å². The highest BCUT2D eigenvalue weighted by molar-refractivity contribution is 5.91. The van der Waals surface area contributed by atoms with Crippen LogP contribution >= 0.6 is 0 Å². The summed E-state index contributed by atoms with van der Waals surface area (Å²) < 4.78 is 2.16. The molecule has 0 saturated carbocycles. The van der Waals surface area contributed by atoms with Gasteiger partial charge in [0.05, 0.1) is 17.4 Å².